The molecular formula is C25H29N3O2S. The Morgan fingerprint density at radius 3 is 2.55 bits per heavy atom. The van der Waals surface area contributed by atoms with Gasteiger partial charge in [-0.05, 0) is 60.0 Å². The highest BCUT2D eigenvalue weighted by molar-refractivity contribution is 7.99. The van der Waals surface area contributed by atoms with Crippen molar-refractivity contribution >= 4 is 34.4 Å². The van der Waals surface area contributed by atoms with Crippen LogP contribution in [0.3, 0.4) is 0 Å². The molecule has 0 spiro atoms. The van der Waals surface area contributed by atoms with Crippen molar-refractivity contribution in [3.8, 4) is 0 Å². The van der Waals surface area contributed by atoms with E-state index < -0.39 is 6.09 Å². The van der Waals surface area contributed by atoms with Crippen LogP contribution in [0.2, 0.25) is 0 Å². The average Bonchev–Trinajstić information content (AvgIpc) is 3.01. The van der Waals surface area contributed by atoms with Crippen LogP contribution < -0.4 is 4.90 Å². The first-order valence-corrected chi connectivity index (χ1v) is 11.7. The van der Waals surface area contributed by atoms with Gasteiger partial charge in [-0.1, -0.05) is 43.8 Å². The zero-order valence-electron chi connectivity index (χ0n) is 18.1. The van der Waals surface area contributed by atoms with E-state index in [0.717, 1.165) is 36.0 Å². The summed E-state index contributed by atoms with van der Waals surface area (Å²) in [6, 6.07) is 17.4. The Balaban J connectivity index is 1.56. The molecule has 0 bridgehead atoms. The minimum atomic E-state index is -0.842. The van der Waals surface area contributed by atoms with Gasteiger partial charge in [-0.2, -0.15) is 0 Å². The Morgan fingerprint density at radius 1 is 1.03 bits per heavy atom. The van der Waals surface area contributed by atoms with Crippen molar-refractivity contribution in [1.29, 1.82) is 0 Å². The molecule has 6 heteroatoms. The Hall–Kier alpha value is -2.73. The molecule has 31 heavy (non-hydrogen) atoms. The van der Waals surface area contributed by atoms with Crippen LogP contribution in [0.4, 0.5) is 10.6 Å². The molecule has 5 nitrogen and oxygen atoms in total. The number of pyridine rings is 1. The van der Waals surface area contributed by atoms with Crippen LogP contribution in [0.25, 0.3) is 10.8 Å². The topological polar surface area (TPSA) is 56.7 Å². The summed E-state index contributed by atoms with van der Waals surface area (Å²) in [6.45, 7) is 7.03. The largest absolute Gasteiger partial charge is 0.465 e. The first kappa shape index (κ1) is 21.5. The number of aromatic nitrogens is 1. The monoisotopic (exact) mass is 435 g/mol. The number of fused-ring (bicyclic) bond motifs is 1. The maximum Gasteiger partial charge on any atom is 0.407 e. The molecule has 1 aliphatic rings. The molecule has 1 aliphatic heterocycles. The van der Waals surface area contributed by atoms with Gasteiger partial charge in [0.15, 0.2) is 0 Å². The molecule has 0 unspecified atom stereocenters. The van der Waals surface area contributed by atoms with E-state index in [4.69, 9.17) is 0 Å². The summed E-state index contributed by atoms with van der Waals surface area (Å²) in [7, 11) is 0. The molecule has 1 amide bonds. The minimum Gasteiger partial charge on any atom is -0.465 e. The van der Waals surface area contributed by atoms with Crippen molar-refractivity contribution in [3.05, 3.63) is 60.3 Å². The van der Waals surface area contributed by atoms with Crippen LogP contribution >= 0.6 is 11.8 Å². The number of hydrogen-bond donors (Lipinski definition) is 1. The summed E-state index contributed by atoms with van der Waals surface area (Å²) in [5, 5.41) is 11.6. The molecule has 1 fully saturated rings. The van der Waals surface area contributed by atoms with Gasteiger partial charge in [-0.15, -0.1) is 0 Å². The predicted molar refractivity (Wildman–Crippen MR) is 127 cm³/mol. The number of anilines is 1. The van der Waals surface area contributed by atoms with Crippen LogP contribution in [-0.4, -0.2) is 47.3 Å². The standard InChI is InChI=1S/C25H29N3O2S/c1-18(2)16-19-4-7-21(8-5-19)31-22-9-6-20-10-11-26-24(23(20)17-22)27-12-3-13-28(15-14-27)25(29)30/h4-11,17-18H,3,12-16H2,1-2H3,(H,29,30). The molecule has 1 aromatic heterocycles. The molecule has 0 radical (unpaired) electrons. The van der Waals surface area contributed by atoms with Gasteiger partial charge < -0.3 is 14.9 Å². The van der Waals surface area contributed by atoms with Crippen LogP contribution in [0.5, 0.6) is 0 Å². The number of hydrogen-bond acceptors (Lipinski definition) is 4. The molecule has 0 saturated carbocycles. The highest BCUT2D eigenvalue weighted by atomic mass is 32.2. The van der Waals surface area contributed by atoms with Gasteiger partial charge in [0.2, 0.25) is 0 Å². The van der Waals surface area contributed by atoms with Gasteiger partial charge in [0, 0.05) is 47.6 Å². The average molecular weight is 436 g/mol. The second-order valence-electron chi connectivity index (χ2n) is 8.47. The third-order valence-electron chi connectivity index (χ3n) is 5.59. The quantitative estimate of drug-likeness (QED) is 0.551. The molecule has 4 rings (SSSR count). The van der Waals surface area contributed by atoms with Gasteiger partial charge in [-0.3, -0.25) is 0 Å². The van der Waals surface area contributed by atoms with Crippen molar-refractivity contribution in [1.82, 2.24) is 9.88 Å². The summed E-state index contributed by atoms with van der Waals surface area (Å²) in [5.41, 5.74) is 1.38. The van der Waals surface area contributed by atoms with E-state index in [2.05, 4.69) is 66.2 Å². The molecule has 2 aromatic carbocycles. The Morgan fingerprint density at radius 2 is 1.81 bits per heavy atom. The maximum absolute atomic E-state index is 11.3. The van der Waals surface area contributed by atoms with Crippen LogP contribution in [0.1, 0.15) is 25.8 Å². The third-order valence-corrected chi connectivity index (χ3v) is 6.58. The summed E-state index contributed by atoms with van der Waals surface area (Å²) < 4.78 is 0. The molecule has 0 aliphatic carbocycles. The fourth-order valence-corrected chi connectivity index (χ4v) is 4.93. The molecule has 1 N–H and O–H groups in total. The Bertz CT molecular complexity index is 1050. The summed E-state index contributed by atoms with van der Waals surface area (Å²) >= 11 is 1.76. The van der Waals surface area contributed by atoms with Gasteiger partial charge in [0.25, 0.3) is 0 Å². The van der Waals surface area contributed by atoms with E-state index in [1.165, 1.54) is 20.3 Å². The lowest BCUT2D eigenvalue weighted by atomic mass is 10.0. The smallest absolute Gasteiger partial charge is 0.407 e. The van der Waals surface area contributed by atoms with E-state index >= 15 is 0 Å². The molecule has 1 saturated heterocycles. The van der Waals surface area contributed by atoms with Crippen molar-refractivity contribution < 1.29 is 9.90 Å². The molecule has 162 valence electrons. The summed E-state index contributed by atoms with van der Waals surface area (Å²) in [5.74, 6) is 1.60. The van der Waals surface area contributed by atoms with Gasteiger partial charge in [0.1, 0.15) is 5.82 Å². The number of carbonyl (C=O) groups is 1. The highest BCUT2D eigenvalue weighted by Gasteiger charge is 2.20. The van der Waals surface area contributed by atoms with Crippen molar-refractivity contribution in [2.75, 3.05) is 31.1 Å². The van der Waals surface area contributed by atoms with E-state index in [0.29, 0.717) is 25.6 Å². The zero-order valence-corrected chi connectivity index (χ0v) is 18.9. The summed E-state index contributed by atoms with van der Waals surface area (Å²) in [4.78, 5) is 22.1. The van der Waals surface area contributed by atoms with Crippen LogP contribution in [-0.2, 0) is 6.42 Å². The van der Waals surface area contributed by atoms with Gasteiger partial charge in [0.05, 0.1) is 0 Å². The maximum atomic E-state index is 11.3. The predicted octanol–water partition coefficient (Wildman–Crippen LogP) is 5.77. The van der Waals surface area contributed by atoms with Gasteiger partial charge >= 0.3 is 6.09 Å². The van der Waals surface area contributed by atoms with E-state index in [1.54, 1.807) is 11.8 Å². The number of nitrogens with zero attached hydrogens (tertiary/aromatic N) is 3. The zero-order chi connectivity index (χ0) is 21.8. The summed E-state index contributed by atoms with van der Waals surface area (Å²) in [6.07, 6.45) is 2.91. The van der Waals surface area contributed by atoms with Crippen LogP contribution in [0.15, 0.2) is 64.5 Å². The SMILES string of the molecule is CC(C)Cc1ccc(Sc2ccc3ccnc(N4CCCN(C(=O)O)CC4)c3c2)cc1. The lowest BCUT2D eigenvalue weighted by molar-refractivity contribution is 0.148. The molecular weight excluding hydrogens is 406 g/mol. The van der Waals surface area contributed by atoms with E-state index in [-0.39, 0.29) is 0 Å². The highest BCUT2D eigenvalue weighted by Crippen LogP contribution is 2.33. The minimum absolute atomic E-state index is 0.505. The molecule has 0 atom stereocenters. The fraction of sp³-hybridized carbons (Fsp3) is 0.360. The number of rotatable bonds is 5. The Kier molecular flexibility index (Phi) is 6.66. The molecule has 3 aromatic rings. The van der Waals surface area contributed by atoms with Crippen molar-refractivity contribution in [3.63, 3.8) is 0 Å². The fourth-order valence-electron chi connectivity index (χ4n) is 4.07. The van der Waals surface area contributed by atoms with Crippen LogP contribution in [0, 0.1) is 5.92 Å². The first-order chi connectivity index (χ1) is 15.0. The Labute approximate surface area is 188 Å². The first-order valence-electron chi connectivity index (χ1n) is 10.9. The van der Waals surface area contributed by atoms with E-state index in [9.17, 15) is 9.90 Å². The molecule has 2 heterocycles. The second-order valence-corrected chi connectivity index (χ2v) is 9.62. The van der Waals surface area contributed by atoms with Crippen molar-refractivity contribution in [2.24, 2.45) is 5.92 Å². The lowest BCUT2D eigenvalue weighted by Gasteiger charge is -2.23. The number of carboxylic acid groups (broad SMARTS) is 1. The lowest BCUT2D eigenvalue weighted by Crippen LogP contribution is -2.34. The van der Waals surface area contributed by atoms with E-state index in [1.807, 2.05) is 12.3 Å². The second kappa shape index (κ2) is 9.60. The normalized spacial score (nSPS) is 14.8. The number of amides is 1. The number of benzene rings is 2. The van der Waals surface area contributed by atoms with Crippen molar-refractivity contribution in [2.45, 2.75) is 36.5 Å². The third kappa shape index (κ3) is 5.31. The van der Waals surface area contributed by atoms with Gasteiger partial charge in [-0.25, -0.2) is 9.78 Å².